The van der Waals surface area contributed by atoms with Crippen molar-refractivity contribution in [3.05, 3.63) is 29.3 Å². The highest BCUT2D eigenvalue weighted by atomic mass is 35.5. The number of carbonyl (C=O) groups excluding carboxylic acids is 1. The molecule has 1 aromatic carbocycles. The van der Waals surface area contributed by atoms with Crippen LogP contribution in [0.1, 0.15) is 0 Å². The van der Waals surface area contributed by atoms with Crippen molar-refractivity contribution in [1.29, 1.82) is 0 Å². The number of amides is 1. The predicted octanol–water partition coefficient (Wildman–Crippen LogP) is 0.960. The Hall–Kier alpha value is -1.10. The minimum atomic E-state index is -0.0218. The highest BCUT2D eigenvalue weighted by molar-refractivity contribution is 6.30. The van der Waals surface area contributed by atoms with Crippen molar-refractivity contribution in [2.45, 2.75) is 6.04 Å². The number of anilines is 1. The molecular weight excluding hydrogens is 250 g/mol. The molecule has 1 atom stereocenters. The number of halogens is 1. The monoisotopic (exact) mass is 265 g/mol. The molecule has 1 amide bonds. The van der Waals surface area contributed by atoms with E-state index in [9.17, 15) is 4.79 Å². The Balaban J connectivity index is 1.84. The van der Waals surface area contributed by atoms with Crippen LogP contribution in [0.25, 0.3) is 0 Å². The van der Waals surface area contributed by atoms with Gasteiger partial charge in [0.05, 0.1) is 0 Å². The number of carbonyl (C=O) groups is 1. The average Bonchev–Trinajstić information content (AvgIpc) is 2.39. The highest BCUT2D eigenvalue weighted by Gasteiger charge is 2.36. The molecule has 2 saturated heterocycles. The quantitative estimate of drug-likeness (QED) is 0.822. The molecule has 0 unspecified atom stereocenters. The molecule has 1 aromatic rings. The molecule has 18 heavy (non-hydrogen) atoms. The summed E-state index contributed by atoms with van der Waals surface area (Å²) in [6.45, 7) is 4.36. The van der Waals surface area contributed by atoms with Crippen LogP contribution in [0.15, 0.2) is 24.3 Å². The van der Waals surface area contributed by atoms with Crippen LogP contribution in [0.4, 0.5) is 5.69 Å². The van der Waals surface area contributed by atoms with E-state index in [1.807, 2.05) is 29.2 Å². The number of hydrogen-bond donors (Lipinski definition) is 1. The summed E-state index contributed by atoms with van der Waals surface area (Å²) in [5.74, 6) is 0.177. The van der Waals surface area contributed by atoms with Gasteiger partial charge in [0.15, 0.2) is 0 Å². The Labute approximate surface area is 112 Å². The first-order valence-electron chi connectivity index (χ1n) is 6.27. The number of benzene rings is 1. The van der Waals surface area contributed by atoms with E-state index < -0.39 is 0 Å². The summed E-state index contributed by atoms with van der Waals surface area (Å²) < 4.78 is 0. The summed E-state index contributed by atoms with van der Waals surface area (Å²) in [5, 5.41) is 3.95. The Morgan fingerprint density at radius 1 is 1.28 bits per heavy atom. The van der Waals surface area contributed by atoms with Crippen LogP contribution in [-0.2, 0) is 4.79 Å². The molecule has 0 radical (unpaired) electrons. The average molecular weight is 266 g/mol. The summed E-state index contributed by atoms with van der Waals surface area (Å²) in [5.41, 5.74) is 0.901. The number of piperazine rings is 2. The summed E-state index contributed by atoms with van der Waals surface area (Å²) in [7, 11) is 0. The predicted molar refractivity (Wildman–Crippen MR) is 72.0 cm³/mol. The summed E-state index contributed by atoms with van der Waals surface area (Å²) >= 11 is 5.99. The van der Waals surface area contributed by atoms with E-state index in [0.717, 1.165) is 38.4 Å². The molecule has 0 bridgehead atoms. The van der Waals surface area contributed by atoms with Crippen LogP contribution in [0.5, 0.6) is 0 Å². The maximum Gasteiger partial charge on any atom is 0.245 e. The zero-order valence-corrected chi connectivity index (χ0v) is 10.9. The van der Waals surface area contributed by atoms with Gasteiger partial charge < -0.3 is 10.2 Å². The summed E-state index contributed by atoms with van der Waals surface area (Å²) in [6.07, 6.45) is 0. The number of fused-ring (bicyclic) bond motifs is 1. The zero-order valence-electron chi connectivity index (χ0n) is 10.1. The van der Waals surface area contributed by atoms with E-state index in [0.29, 0.717) is 5.02 Å². The van der Waals surface area contributed by atoms with Crippen LogP contribution in [0, 0.1) is 0 Å². The summed E-state index contributed by atoms with van der Waals surface area (Å²) in [6, 6.07) is 7.48. The van der Waals surface area contributed by atoms with Crippen molar-refractivity contribution in [2.24, 2.45) is 0 Å². The van der Waals surface area contributed by atoms with Crippen molar-refractivity contribution in [1.82, 2.24) is 10.2 Å². The Bertz CT molecular complexity index is 465. The van der Waals surface area contributed by atoms with Crippen LogP contribution in [0.2, 0.25) is 5.02 Å². The Morgan fingerprint density at radius 3 is 3.00 bits per heavy atom. The van der Waals surface area contributed by atoms with E-state index in [4.69, 9.17) is 11.6 Å². The van der Waals surface area contributed by atoms with Gasteiger partial charge in [-0.05, 0) is 18.2 Å². The molecule has 3 rings (SSSR count). The first-order chi connectivity index (χ1) is 8.75. The van der Waals surface area contributed by atoms with E-state index in [1.165, 1.54) is 0 Å². The van der Waals surface area contributed by atoms with Crippen LogP contribution in [-0.4, -0.2) is 49.6 Å². The molecule has 0 saturated carbocycles. The van der Waals surface area contributed by atoms with Gasteiger partial charge in [0.1, 0.15) is 6.04 Å². The van der Waals surface area contributed by atoms with Gasteiger partial charge in [-0.25, -0.2) is 0 Å². The van der Waals surface area contributed by atoms with Crippen LogP contribution < -0.4 is 10.2 Å². The lowest BCUT2D eigenvalue weighted by Gasteiger charge is -2.43. The normalized spacial score (nSPS) is 25.1. The molecule has 96 valence electrons. The smallest absolute Gasteiger partial charge is 0.245 e. The van der Waals surface area contributed by atoms with Crippen LogP contribution >= 0.6 is 11.6 Å². The Kier molecular flexibility index (Phi) is 3.24. The van der Waals surface area contributed by atoms with Gasteiger partial charge in [0.25, 0.3) is 0 Å². The molecule has 0 aromatic heterocycles. The minimum Gasteiger partial charge on any atom is -0.313 e. The van der Waals surface area contributed by atoms with E-state index >= 15 is 0 Å². The van der Waals surface area contributed by atoms with Crippen molar-refractivity contribution < 1.29 is 4.79 Å². The van der Waals surface area contributed by atoms with Gasteiger partial charge >= 0.3 is 0 Å². The van der Waals surface area contributed by atoms with Crippen molar-refractivity contribution in [2.75, 3.05) is 37.6 Å². The van der Waals surface area contributed by atoms with Crippen molar-refractivity contribution in [3.63, 3.8) is 0 Å². The van der Waals surface area contributed by atoms with Gasteiger partial charge in [0.2, 0.25) is 5.91 Å². The molecular formula is C13H16ClN3O. The third-order valence-corrected chi connectivity index (χ3v) is 3.87. The van der Waals surface area contributed by atoms with Gasteiger partial charge in [-0.15, -0.1) is 0 Å². The minimum absolute atomic E-state index is 0.0218. The lowest BCUT2D eigenvalue weighted by molar-refractivity contribution is -0.126. The standard InChI is InChI=1S/C13H16ClN3O/c14-10-2-1-3-11(8-10)17-7-6-16-5-4-15-9-12(16)13(17)18/h1-3,8,12,15H,4-7,9H2/t12-/m1/s1. The van der Waals surface area contributed by atoms with Crippen molar-refractivity contribution >= 4 is 23.2 Å². The molecule has 1 N–H and O–H groups in total. The topological polar surface area (TPSA) is 35.6 Å². The first-order valence-corrected chi connectivity index (χ1v) is 6.65. The fourth-order valence-corrected chi connectivity index (χ4v) is 2.86. The second-order valence-corrected chi connectivity index (χ2v) is 5.16. The number of rotatable bonds is 1. The Morgan fingerprint density at radius 2 is 2.17 bits per heavy atom. The first kappa shape index (κ1) is 12.0. The van der Waals surface area contributed by atoms with Gasteiger partial charge in [-0.1, -0.05) is 17.7 Å². The van der Waals surface area contributed by atoms with Crippen molar-refractivity contribution in [3.8, 4) is 0 Å². The molecule has 0 aliphatic carbocycles. The fraction of sp³-hybridized carbons (Fsp3) is 0.462. The van der Waals surface area contributed by atoms with E-state index in [-0.39, 0.29) is 11.9 Å². The number of nitrogens with one attached hydrogen (secondary N) is 1. The SMILES string of the molecule is O=C1[C@H]2CNCCN2CCN1c1cccc(Cl)c1. The second kappa shape index (κ2) is 4.88. The van der Waals surface area contributed by atoms with Gasteiger partial charge in [-0.3, -0.25) is 9.69 Å². The molecule has 5 heteroatoms. The molecule has 4 nitrogen and oxygen atoms in total. The maximum atomic E-state index is 12.5. The molecule has 2 heterocycles. The van der Waals surface area contributed by atoms with Gasteiger partial charge in [-0.2, -0.15) is 0 Å². The maximum absolute atomic E-state index is 12.5. The summed E-state index contributed by atoms with van der Waals surface area (Å²) in [4.78, 5) is 16.6. The lowest BCUT2D eigenvalue weighted by atomic mass is 10.1. The second-order valence-electron chi connectivity index (χ2n) is 4.73. The van der Waals surface area contributed by atoms with E-state index in [1.54, 1.807) is 0 Å². The molecule has 2 aliphatic rings. The third kappa shape index (κ3) is 2.11. The van der Waals surface area contributed by atoms with E-state index in [2.05, 4.69) is 10.2 Å². The zero-order chi connectivity index (χ0) is 12.5. The fourth-order valence-electron chi connectivity index (χ4n) is 2.68. The number of hydrogen-bond acceptors (Lipinski definition) is 3. The highest BCUT2D eigenvalue weighted by Crippen LogP contribution is 2.23. The van der Waals surface area contributed by atoms with Gasteiger partial charge in [0, 0.05) is 43.4 Å². The molecule has 2 aliphatic heterocycles. The number of nitrogens with zero attached hydrogens (tertiary/aromatic N) is 2. The molecule has 2 fully saturated rings. The van der Waals surface area contributed by atoms with Crippen LogP contribution in [0.3, 0.4) is 0 Å². The lowest BCUT2D eigenvalue weighted by Crippen LogP contribution is -2.64. The largest absolute Gasteiger partial charge is 0.313 e. The third-order valence-electron chi connectivity index (χ3n) is 3.64. The molecule has 0 spiro atoms.